The van der Waals surface area contributed by atoms with Crippen LogP contribution in [0.15, 0.2) is 78.0 Å². The number of thioether (sulfide) groups is 1. The number of benzene rings is 3. The summed E-state index contributed by atoms with van der Waals surface area (Å²) < 4.78 is 15.7. The molecule has 34 heavy (non-hydrogen) atoms. The maximum Gasteiger partial charge on any atom is 0.257 e. The lowest BCUT2D eigenvalue weighted by atomic mass is 10.1. The number of para-hydroxylation sites is 1. The Balaban J connectivity index is 1.42. The van der Waals surface area contributed by atoms with Crippen molar-refractivity contribution in [1.29, 1.82) is 0 Å². The van der Waals surface area contributed by atoms with E-state index >= 15 is 0 Å². The van der Waals surface area contributed by atoms with Crippen LogP contribution in [0.4, 0.5) is 15.8 Å². The van der Waals surface area contributed by atoms with Crippen molar-refractivity contribution in [3.63, 3.8) is 0 Å². The molecule has 0 fully saturated rings. The van der Waals surface area contributed by atoms with E-state index in [0.29, 0.717) is 33.5 Å². The quantitative estimate of drug-likeness (QED) is 0.371. The molecule has 2 N–H and O–H groups in total. The molecule has 0 atom stereocenters. The molecule has 7 nitrogen and oxygen atoms in total. The van der Waals surface area contributed by atoms with Crippen LogP contribution in [0.25, 0.3) is 11.4 Å². The molecule has 0 unspecified atom stereocenters. The molecule has 0 aliphatic carbocycles. The average molecular weight is 476 g/mol. The number of nitrogens with one attached hydrogen (secondary N) is 2. The molecule has 0 radical (unpaired) electrons. The smallest absolute Gasteiger partial charge is 0.257 e. The van der Waals surface area contributed by atoms with Crippen LogP contribution in [0.1, 0.15) is 15.9 Å². The van der Waals surface area contributed by atoms with E-state index in [1.54, 1.807) is 60.1 Å². The summed E-state index contributed by atoms with van der Waals surface area (Å²) in [5, 5.41) is 14.2. The Labute approximate surface area is 200 Å². The predicted octanol–water partition coefficient (Wildman–Crippen LogP) is 4.91. The molecule has 1 heterocycles. The summed E-state index contributed by atoms with van der Waals surface area (Å²) >= 11 is 1.17. The van der Waals surface area contributed by atoms with Crippen LogP contribution >= 0.6 is 11.8 Å². The van der Waals surface area contributed by atoms with Crippen molar-refractivity contribution in [2.45, 2.75) is 12.1 Å². The Morgan fingerprint density at radius 1 is 0.971 bits per heavy atom. The van der Waals surface area contributed by atoms with E-state index in [1.165, 1.54) is 17.8 Å². The molecule has 172 valence electrons. The van der Waals surface area contributed by atoms with Crippen molar-refractivity contribution < 1.29 is 14.0 Å². The minimum absolute atomic E-state index is 0.0388. The lowest BCUT2D eigenvalue weighted by Crippen LogP contribution is -2.19. The number of carbonyl (C=O) groups excluding carboxylic acids is 2. The summed E-state index contributed by atoms with van der Waals surface area (Å²) in [7, 11) is 1.72. The molecule has 0 spiro atoms. The molecular weight excluding hydrogens is 453 g/mol. The molecular formula is C25H22FN5O2S. The van der Waals surface area contributed by atoms with Gasteiger partial charge in [-0.2, -0.15) is 0 Å². The number of halogens is 1. The Bertz CT molecular complexity index is 1350. The maximum absolute atomic E-state index is 14.1. The van der Waals surface area contributed by atoms with Gasteiger partial charge in [0, 0.05) is 12.7 Å². The van der Waals surface area contributed by atoms with Gasteiger partial charge in [-0.1, -0.05) is 48.2 Å². The van der Waals surface area contributed by atoms with E-state index in [-0.39, 0.29) is 17.6 Å². The van der Waals surface area contributed by atoms with Crippen LogP contribution < -0.4 is 10.6 Å². The second kappa shape index (κ2) is 10.3. The summed E-state index contributed by atoms with van der Waals surface area (Å²) in [4.78, 5) is 25.4. The normalized spacial score (nSPS) is 10.7. The fourth-order valence-corrected chi connectivity index (χ4v) is 4.06. The first kappa shape index (κ1) is 23.2. The van der Waals surface area contributed by atoms with Gasteiger partial charge in [0.05, 0.1) is 22.6 Å². The van der Waals surface area contributed by atoms with Gasteiger partial charge in [-0.15, -0.1) is 10.2 Å². The SMILES string of the molecule is Cc1cccc(NC(=O)c2ccccc2NC(=O)CSc2nnc(-c3ccccc3F)n2C)c1. The summed E-state index contributed by atoms with van der Waals surface area (Å²) in [5.41, 5.74) is 2.79. The molecule has 0 saturated heterocycles. The zero-order valence-electron chi connectivity index (χ0n) is 18.6. The third-order valence-electron chi connectivity index (χ3n) is 5.00. The van der Waals surface area contributed by atoms with Crippen LogP contribution in [0, 0.1) is 12.7 Å². The van der Waals surface area contributed by atoms with Crippen molar-refractivity contribution in [3.8, 4) is 11.4 Å². The van der Waals surface area contributed by atoms with Gasteiger partial charge in [0.25, 0.3) is 5.91 Å². The highest BCUT2D eigenvalue weighted by Gasteiger charge is 2.17. The van der Waals surface area contributed by atoms with E-state index in [4.69, 9.17) is 0 Å². The Morgan fingerprint density at radius 3 is 2.53 bits per heavy atom. The Morgan fingerprint density at radius 2 is 1.74 bits per heavy atom. The number of hydrogen-bond donors (Lipinski definition) is 2. The summed E-state index contributed by atoms with van der Waals surface area (Å²) in [6.07, 6.45) is 0. The summed E-state index contributed by atoms with van der Waals surface area (Å²) in [6.45, 7) is 1.94. The van der Waals surface area contributed by atoms with Gasteiger partial charge in [0.15, 0.2) is 11.0 Å². The number of rotatable bonds is 7. The topological polar surface area (TPSA) is 88.9 Å². The van der Waals surface area contributed by atoms with Gasteiger partial charge in [-0.25, -0.2) is 4.39 Å². The minimum atomic E-state index is -0.396. The van der Waals surface area contributed by atoms with E-state index in [0.717, 1.165) is 5.56 Å². The number of nitrogens with zero attached hydrogens (tertiary/aromatic N) is 3. The first-order valence-corrected chi connectivity index (χ1v) is 11.4. The molecule has 4 aromatic rings. The Hall–Kier alpha value is -3.98. The van der Waals surface area contributed by atoms with Crippen LogP contribution in [0.2, 0.25) is 0 Å². The lowest BCUT2D eigenvalue weighted by Gasteiger charge is -2.12. The van der Waals surface area contributed by atoms with Crippen LogP contribution in [0.3, 0.4) is 0 Å². The molecule has 9 heteroatoms. The van der Waals surface area contributed by atoms with Gasteiger partial charge >= 0.3 is 0 Å². The van der Waals surface area contributed by atoms with Crippen molar-refractivity contribution in [2.24, 2.45) is 7.05 Å². The second-order valence-corrected chi connectivity index (χ2v) is 8.49. The van der Waals surface area contributed by atoms with Gasteiger partial charge in [-0.05, 0) is 48.9 Å². The fraction of sp³-hybridized carbons (Fsp3) is 0.120. The zero-order chi connectivity index (χ0) is 24.1. The minimum Gasteiger partial charge on any atom is -0.325 e. The molecule has 0 bridgehead atoms. The number of hydrogen-bond acceptors (Lipinski definition) is 5. The van der Waals surface area contributed by atoms with Crippen molar-refractivity contribution in [1.82, 2.24) is 14.8 Å². The monoisotopic (exact) mass is 475 g/mol. The first-order valence-electron chi connectivity index (χ1n) is 10.5. The molecule has 2 amide bonds. The number of aryl methyl sites for hydroxylation is 1. The van der Waals surface area contributed by atoms with Gasteiger partial charge in [0.2, 0.25) is 5.91 Å². The number of anilines is 2. The van der Waals surface area contributed by atoms with E-state index < -0.39 is 5.82 Å². The van der Waals surface area contributed by atoms with E-state index in [2.05, 4.69) is 20.8 Å². The summed E-state index contributed by atoms with van der Waals surface area (Å²) in [6, 6.07) is 20.6. The third-order valence-corrected chi connectivity index (χ3v) is 6.02. The lowest BCUT2D eigenvalue weighted by molar-refractivity contribution is -0.113. The number of carbonyl (C=O) groups is 2. The molecule has 1 aromatic heterocycles. The average Bonchev–Trinajstić information content (AvgIpc) is 3.18. The van der Waals surface area contributed by atoms with E-state index in [1.807, 2.05) is 25.1 Å². The highest BCUT2D eigenvalue weighted by molar-refractivity contribution is 7.99. The highest BCUT2D eigenvalue weighted by atomic mass is 32.2. The van der Waals surface area contributed by atoms with Gasteiger partial charge in [-0.3, -0.25) is 9.59 Å². The highest BCUT2D eigenvalue weighted by Crippen LogP contribution is 2.25. The van der Waals surface area contributed by atoms with Gasteiger partial charge < -0.3 is 15.2 Å². The predicted molar refractivity (Wildman–Crippen MR) is 131 cm³/mol. The third kappa shape index (κ3) is 5.32. The second-order valence-electron chi connectivity index (χ2n) is 7.55. The Kier molecular flexibility index (Phi) is 7.03. The number of amides is 2. The van der Waals surface area contributed by atoms with Crippen molar-refractivity contribution in [3.05, 3.63) is 89.7 Å². The molecule has 0 saturated carbocycles. The first-order chi connectivity index (χ1) is 16.4. The summed E-state index contributed by atoms with van der Waals surface area (Å²) in [5.74, 6) is -0.614. The van der Waals surface area contributed by atoms with Crippen molar-refractivity contribution >= 4 is 35.0 Å². The fourth-order valence-electron chi connectivity index (χ4n) is 3.35. The zero-order valence-corrected chi connectivity index (χ0v) is 19.4. The van der Waals surface area contributed by atoms with Gasteiger partial charge in [0.1, 0.15) is 5.82 Å². The molecule has 3 aromatic carbocycles. The molecule has 0 aliphatic rings. The number of aromatic nitrogens is 3. The van der Waals surface area contributed by atoms with Crippen LogP contribution in [-0.4, -0.2) is 32.3 Å². The molecule has 4 rings (SSSR count). The van der Waals surface area contributed by atoms with Crippen LogP contribution in [-0.2, 0) is 11.8 Å². The van der Waals surface area contributed by atoms with E-state index in [9.17, 15) is 14.0 Å². The maximum atomic E-state index is 14.1. The largest absolute Gasteiger partial charge is 0.325 e. The standard InChI is InChI=1S/C25H22FN5O2S/c1-16-8-7-9-17(14-16)27-24(33)19-11-4-6-13-21(19)28-22(32)15-34-25-30-29-23(31(25)2)18-10-3-5-12-20(18)26/h3-14H,15H2,1-2H3,(H,27,33)(H,28,32). The van der Waals surface area contributed by atoms with Crippen molar-refractivity contribution in [2.75, 3.05) is 16.4 Å². The van der Waals surface area contributed by atoms with Crippen LogP contribution in [0.5, 0.6) is 0 Å². The molecule has 0 aliphatic heterocycles.